The monoisotopic (exact) mass is 814 g/mol. The Bertz CT molecular complexity index is 1000. The third-order valence-electron chi connectivity index (χ3n) is 12.9. The van der Waals surface area contributed by atoms with E-state index in [0.717, 1.165) is 96.7 Å². The SMILES string of the molecule is CCCCCCCC/C=C\CCCCCCCC(C(=O)NC1CCCCCC1)N(CCCN1CCCC1)C(=O)COC(=O)CCCCCCCCCCCCCCC. The van der Waals surface area contributed by atoms with E-state index in [4.69, 9.17) is 4.74 Å². The summed E-state index contributed by atoms with van der Waals surface area (Å²) in [6, 6.07) is -0.328. The number of esters is 1. The Labute approximate surface area is 359 Å². The van der Waals surface area contributed by atoms with Crippen molar-refractivity contribution in [1.29, 1.82) is 0 Å². The number of ether oxygens (including phenoxy) is 1. The summed E-state index contributed by atoms with van der Waals surface area (Å²) in [5.74, 6) is -0.505. The number of nitrogens with one attached hydrogen (secondary N) is 1. The van der Waals surface area contributed by atoms with E-state index in [1.807, 2.05) is 0 Å². The molecule has 1 N–H and O–H groups in total. The van der Waals surface area contributed by atoms with Gasteiger partial charge in [-0.25, -0.2) is 0 Å². The average Bonchev–Trinajstić information content (AvgIpc) is 3.62. The van der Waals surface area contributed by atoms with Crippen LogP contribution in [0.5, 0.6) is 0 Å². The molecule has 1 unspecified atom stereocenters. The number of carbonyl (C=O) groups is 3. The Morgan fingerprint density at radius 2 is 1.09 bits per heavy atom. The zero-order valence-corrected chi connectivity index (χ0v) is 38.5. The minimum atomic E-state index is -0.515. The number of hydrogen-bond acceptors (Lipinski definition) is 5. The van der Waals surface area contributed by atoms with Gasteiger partial charge in [0.1, 0.15) is 6.04 Å². The van der Waals surface area contributed by atoms with Gasteiger partial charge in [-0.15, -0.1) is 0 Å². The fraction of sp³-hybridized carbons (Fsp3) is 0.902. The van der Waals surface area contributed by atoms with E-state index < -0.39 is 6.04 Å². The molecular weight excluding hydrogens is 719 g/mol. The Hall–Kier alpha value is -1.89. The first-order valence-corrected chi connectivity index (χ1v) is 25.7. The fourth-order valence-electron chi connectivity index (χ4n) is 9.07. The van der Waals surface area contributed by atoms with Gasteiger partial charge in [0.15, 0.2) is 6.61 Å². The van der Waals surface area contributed by atoms with E-state index in [1.165, 1.54) is 148 Å². The summed E-state index contributed by atoms with van der Waals surface area (Å²) in [5, 5.41) is 3.40. The van der Waals surface area contributed by atoms with Crippen LogP contribution in [-0.2, 0) is 19.1 Å². The van der Waals surface area contributed by atoms with Crippen molar-refractivity contribution in [3.8, 4) is 0 Å². The van der Waals surface area contributed by atoms with Crippen LogP contribution < -0.4 is 5.32 Å². The van der Waals surface area contributed by atoms with Gasteiger partial charge in [-0.2, -0.15) is 0 Å². The van der Waals surface area contributed by atoms with Crippen LogP contribution in [0.3, 0.4) is 0 Å². The van der Waals surface area contributed by atoms with Crippen LogP contribution in [0, 0.1) is 0 Å². The highest BCUT2D eigenvalue weighted by Crippen LogP contribution is 2.21. The highest BCUT2D eigenvalue weighted by molar-refractivity contribution is 5.89. The lowest BCUT2D eigenvalue weighted by Gasteiger charge is -2.33. The molecule has 7 heteroatoms. The second-order valence-corrected chi connectivity index (χ2v) is 18.2. The van der Waals surface area contributed by atoms with Gasteiger partial charge >= 0.3 is 5.97 Å². The Morgan fingerprint density at radius 1 is 0.603 bits per heavy atom. The molecule has 0 aromatic carbocycles. The molecule has 1 saturated heterocycles. The lowest BCUT2D eigenvalue weighted by Crippen LogP contribution is -2.53. The van der Waals surface area contributed by atoms with Gasteiger partial charge in [0.05, 0.1) is 0 Å². The Balaban J connectivity index is 1.83. The molecule has 7 nitrogen and oxygen atoms in total. The summed E-state index contributed by atoms with van der Waals surface area (Å²) in [6.07, 6.45) is 48.3. The van der Waals surface area contributed by atoms with Gasteiger partial charge in [0.25, 0.3) is 5.91 Å². The van der Waals surface area contributed by atoms with E-state index >= 15 is 0 Å². The second-order valence-electron chi connectivity index (χ2n) is 18.2. The third-order valence-corrected chi connectivity index (χ3v) is 12.9. The number of unbranched alkanes of at least 4 members (excludes halogenated alkanes) is 23. The van der Waals surface area contributed by atoms with Crippen molar-refractivity contribution in [3.63, 3.8) is 0 Å². The van der Waals surface area contributed by atoms with Crippen LogP contribution >= 0.6 is 0 Å². The van der Waals surface area contributed by atoms with Gasteiger partial charge in [-0.05, 0) is 90.3 Å². The molecule has 0 aromatic heterocycles. The maximum absolute atomic E-state index is 14.1. The zero-order valence-electron chi connectivity index (χ0n) is 38.5. The number of nitrogens with zero attached hydrogens (tertiary/aromatic N) is 2. The topological polar surface area (TPSA) is 79.0 Å². The van der Waals surface area contributed by atoms with Gasteiger partial charge in [-0.1, -0.05) is 187 Å². The van der Waals surface area contributed by atoms with Crippen molar-refractivity contribution in [2.24, 2.45) is 0 Å². The van der Waals surface area contributed by atoms with Gasteiger partial charge in [0.2, 0.25) is 5.91 Å². The van der Waals surface area contributed by atoms with Crippen LogP contribution in [0.1, 0.15) is 251 Å². The molecular formula is C51H95N3O4. The maximum atomic E-state index is 14.1. The maximum Gasteiger partial charge on any atom is 0.306 e. The van der Waals surface area contributed by atoms with Crippen molar-refractivity contribution >= 4 is 17.8 Å². The Kier molecular flexibility index (Phi) is 34.3. The molecule has 1 atom stereocenters. The predicted octanol–water partition coefficient (Wildman–Crippen LogP) is 13.6. The fourth-order valence-corrected chi connectivity index (χ4v) is 9.07. The minimum Gasteiger partial charge on any atom is -0.456 e. The van der Waals surface area contributed by atoms with Crippen LogP contribution in [0.4, 0.5) is 0 Å². The molecule has 1 aliphatic carbocycles. The number of likely N-dealkylation sites (tertiary alicyclic amines) is 1. The smallest absolute Gasteiger partial charge is 0.306 e. The molecule has 0 bridgehead atoms. The molecule has 2 aliphatic rings. The van der Waals surface area contributed by atoms with Crippen LogP contribution in [0.15, 0.2) is 12.2 Å². The predicted molar refractivity (Wildman–Crippen MR) is 246 cm³/mol. The summed E-state index contributed by atoms with van der Waals surface area (Å²) in [5.41, 5.74) is 0. The molecule has 0 aromatic rings. The van der Waals surface area contributed by atoms with Crippen molar-refractivity contribution in [2.45, 2.75) is 264 Å². The van der Waals surface area contributed by atoms with Crippen molar-refractivity contribution in [1.82, 2.24) is 15.1 Å². The van der Waals surface area contributed by atoms with Gasteiger partial charge < -0.3 is 19.9 Å². The molecule has 0 radical (unpaired) electrons. The summed E-state index contributed by atoms with van der Waals surface area (Å²) in [7, 11) is 0. The number of hydrogen-bond donors (Lipinski definition) is 1. The van der Waals surface area contributed by atoms with Crippen molar-refractivity contribution in [3.05, 3.63) is 12.2 Å². The van der Waals surface area contributed by atoms with Crippen LogP contribution in [-0.4, -0.2) is 72.5 Å². The minimum absolute atomic E-state index is 0.00442. The lowest BCUT2D eigenvalue weighted by molar-refractivity contribution is -0.154. The first-order chi connectivity index (χ1) is 28.5. The summed E-state index contributed by atoms with van der Waals surface area (Å²) in [6.45, 7) is 7.98. The molecule has 58 heavy (non-hydrogen) atoms. The molecule has 1 aliphatic heterocycles. The number of rotatable bonds is 38. The first-order valence-electron chi connectivity index (χ1n) is 25.7. The van der Waals surface area contributed by atoms with E-state index in [0.29, 0.717) is 19.4 Å². The number of allylic oxidation sites excluding steroid dienone is 2. The van der Waals surface area contributed by atoms with E-state index in [2.05, 4.69) is 36.2 Å². The number of carbonyl (C=O) groups excluding carboxylic acids is 3. The van der Waals surface area contributed by atoms with Crippen molar-refractivity contribution in [2.75, 3.05) is 32.8 Å². The second kappa shape index (κ2) is 38.1. The molecule has 1 saturated carbocycles. The third kappa shape index (κ3) is 28.6. The normalized spacial score (nSPS) is 15.8. The summed E-state index contributed by atoms with van der Waals surface area (Å²) >= 11 is 0. The number of amides is 2. The van der Waals surface area contributed by atoms with Gasteiger partial charge in [0, 0.05) is 19.0 Å². The highest BCUT2D eigenvalue weighted by atomic mass is 16.5. The van der Waals surface area contributed by atoms with Crippen LogP contribution in [0.25, 0.3) is 0 Å². The standard InChI is InChI=1S/C51H95N3O4/c1-3-5-7-9-11-13-15-17-18-20-21-23-25-27-33-40-48(51(57)52-47-38-31-29-30-32-39-47)54(45-37-44-53-42-35-36-43-53)49(55)46-58-50(56)41-34-28-26-24-22-19-16-14-12-10-8-6-4-2/h17-18,47-48H,3-16,19-46H2,1-2H3,(H,52,57)/b18-17-. The van der Waals surface area contributed by atoms with Crippen LogP contribution in [0.2, 0.25) is 0 Å². The molecule has 2 amide bonds. The Morgan fingerprint density at radius 3 is 1.62 bits per heavy atom. The van der Waals surface area contributed by atoms with E-state index in [9.17, 15) is 14.4 Å². The molecule has 2 fully saturated rings. The molecule has 2 rings (SSSR count). The summed E-state index contributed by atoms with van der Waals surface area (Å²) < 4.78 is 5.62. The summed E-state index contributed by atoms with van der Waals surface area (Å²) in [4.78, 5) is 45.2. The average molecular weight is 814 g/mol. The quantitative estimate of drug-likeness (QED) is 0.0291. The zero-order chi connectivity index (χ0) is 41.6. The lowest BCUT2D eigenvalue weighted by atomic mass is 10.0. The molecule has 1 heterocycles. The van der Waals surface area contributed by atoms with E-state index in [-0.39, 0.29) is 30.4 Å². The largest absolute Gasteiger partial charge is 0.456 e. The molecule has 338 valence electrons. The first kappa shape index (κ1) is 52.2. The van der Waals surface area contributed by atoms with Gasteiger partial charge in [-0.3, -0.25) is 14.4 Å². The van der Waals surface area contributed by atoms with E-state index in [1.54, 1.807) is 4.90 Å². The molecule has 0 spiro atoms. The van der Waals surface area contributed by atoms with Crippen molar-refractivity contribution < 1.29 is 19.1 Å². The highest BCUT2D eigenvalue weighted by Gasteiger charge is 2.31.